The third-order valence-electron chi connectivity index (χ3n) is 3.32. The maximum Gasteiger partial charge on any atom is 0.265 e. The summed E-state index contributed by atoms with van der Waals surface area (Å²) in [7, 11) is 0. The van der Waals surface area contributed by atoms with Crippen molar-refractivity contribution in [3.8, 4) is 0 Å². The maximum atomic E-state index is 12.5. The van der Waals surface area contributed by atoms with Crippen LogP contribution in [0.3, 0.4) is 0 Å². The molecular weight excluding hydrogens is 300 g/mol. The lowest BCUT2D eigenvalue weighted by atomic mass is 10.2. The average molecular weight is 315 g/mol. The average Bonchev–Trinajstić information content (AvgIpc) is 2.94. The van der Waals surface area contributed by atoms with Crippen molar-refractivity contribution in [1.29, 1.82) is 0 Å². The molecule has 0 N–H and O–H groups in total. The zero-order chi connectivity index (χ0) is 14.7. The molecule has 1 aromatic carbocycles. The van der Waals surface area contributed by atoms with Crippen LogP contribution in [0.5, 0.6) is 0 Å². The van der Waals surface area contributed by atoms with Crippen molar-refractivity contribution in [3.05, 3.63) is 66.0 Å². The molecule has 0 radical (unpaired) electrons. The molecule has 1 saturated heterocycles. The van der Waals surface area contributed by atoms with Gasteiger partial charge < -0.3 is 0 Å². The quantitative estimate of drug-likeness (QED) is 0.642. The first-order valence-corrected chi connectivity index (χ1v) is 8.15. The van der Waals surface area contributed by atoms with E-state index in [1.807, 2.05) is 47.3 Å². The first-order valence-electron chi connectivity index (χ1n) is 6.76. The number of pyridine rings is 1. The number of rotatable bonds is 3. The van der Waals surface area contributed by atoms with Gasteiger partial charge in [0.05, 0.1) is 0 Å². The lowest BCUT2D eigenvalue weighted by molar-refractivity contribution is -0.688. The third-order valence-corrected chi connectivity index (χ3v) is 4.75. The Morgan fingerprint density at radius 2 is 2.05 bits per heavy atom. The Morgan fingerprint density at radius 3 is 2.76 bits per heavy atom. The van der Waals surface area contributed by atoms with E-state index in [-0.39, 0.29) is 5.91 Å². The van der Waals surface area contributed by atoms with Gasteiger partial charge in [-0.3, -0.25) is 9.69 Å². The summed E-state index contributed by atoms with van der Waals surface area (Å²) in [5, 5.41) is 0. The highest BCUT2D eigenvalue weighted by Crippen LogP contribution is 2.19. The minimum absolute atomic E-state index is 0.00703. The fourth-order valence-electron chi connectivity index (χ4n) is 2.27. The topological polar surface area (TPSA) is 24.2 Å². The van der Waals surface area contributed by atoms with Crippen molar-refractivity contribution in [2.24, 2.45) is 0 Å². The Morgan fingerprint density at radius 1 is 1.24 bits per heavy atom. The third kappa shape index (κ3) is 3.31. The van der Waals surface area contributed by atoms with E-state index in [2.05, 4.69) is 12.1 Å². The predicted octanol–water partition coefficient (Wildman–Crippen LogP) is 2.50. The van der Waals surface area contributed by atoms with E-state index in [1.54, 1.807) is 16.7 Å². The van der Waals surface area contributed by atoms with Crippen LogP contribution in [0.25, 0.3) is 0 Å². The first kappa shape index (κ1) is 14.2. The van der Waals surface area contributed by atoms with Gasteiger partial charge in [0, 0.05) is 23.9 Å². The lowest BCUT2D eigenvalue weighted by Crippen LogP contribution is -2.37. The molecule has 3 nitrogen and oxygen atoms in total. The monoisotopic (exact) mass is 315 g/mol. The molecule has 106 valence electrons. The van der Waals surface area contributed by atoms with E-state index in [0.29, 0.717) is 16.4 Å². The molecule has 21 heavy (non-hydrogen) atoms. The fourth-order valence-corrected chi connectivity index (χ4v) is 3.48. The number of thioether (sulfide) groups is 1. The van der Waals surface area contributed by atoms with Gasteiger partial charge in [0.1, 0.15) is 9.88 Å². The Kier molecular flexibility index (Phi) is 4.31. The highest BCUT2D eigenvalue weighted by Gasteiger charge is 2.26. The second-order valence-electron chi connectivity index (χ2n) is 4.82. The summed E-state index contributed by atoms with van der Waals surface area (Å²) in [5.41, 5.74) is 1.89. The predicted molar refractivity (Wildman–Crippen MR) is 88.3 cm³/mol. The fraction of sp³-hybridized carbons (Fsp3) is 0.188. The minimum Gasteiger partial charge on any atom is -0.293 e. The molecule has 5 heteroatoms. The molecule has 2 aromatic rings. The van der Waals surface area contributed by atoms with Crippen LogP contribution in [0.4, 0.5) is 0 Å². The first-order chi connectivity index (χ1) is 10.2. The van der Waals surface area contributed by atoms with Gasteiger partial charge in [-0.25, -0.2) is 0 Å². The molecule has 0 atom stereocenters. The molecule has 0 spiro atoms. The van der Waals surface area contributed by atoms with Crippen LogP contribution in [-0.2, 0) is 6.54 Å². The van der Waals surface area contributed by atoms with Crippen molar-refractivity contribution in [3.63, 3.8) is 0 Å². The number of aromatic nitrogens is 1. The van der Waals surface area contributed by atoms with Gasteiger partial charge in [-0.1, -0.05) is 54.3 Å². The smallest absolute Gasteiger partial charge is 0.265 e. The van der Waals surface area contributed by atoms with Gasteiger partial charge in [0.2, 0.25) is 0 Å². The molecule has 0 bridgehead atoms. The number of benzene rings is 1. The zero-order valence-electron chi connectivity index (χ0n) is 11.4. The molecule has 1 fully saturated rings. The normalized spacial score (nSPS) is 14.5. The van der Waals surface area contributed by atoms with Crippen molar-refractivity contribution in [1.82, 2.24) is 4.90 Å². The van der Waals surface area contributed by atoms with E-state index in [9.17, 15) is 4.79 Å². The van der Waals surface area contributed by atoms with E-state index in [1.165, 1.54) is 5.56 Å². The number of carbonyl (C=O) groups excluding carboxylic acids is 1. The highest BCUT2D eigenvalue weighted by atomic mass is 32.2. The number of hydrogen-bond acceptors (Lipinski definition) is 3. The largest absolute Gasteiger partial charge is 0.293 e. The Bertz CT molecular complexity index is 673. The molecule has 0 unspecified atom stereocenters. The standard InChI is InChI=1S/C16H15N2OS2/c19-15(18-9-10-21-16(18)20)14-7-4-8-17(12-14)11-13-5-2-1-3-6-13/h1-8,12H,9-11H2/q+1. The Hall–Kier alpha value is -1.72. The van der Waals surface area contributed by atoms with Crippen LogP contribution in [-0.4, -0.2) is 27.4 Å². The van der Waals surface area contributed by atoms with Crippen molar-refractivity contribution in [2.45, 2.75) is 6.54 Å². The minimum atomic E-state index is -0.00703. The number of carbonyl (C=O) groups is 1. The number of hydrogen-bond donors (Lipinski definition) is 0. The van der Waals surface area contributed by atoms with Gasteiger partial charge in [-0.2, -0.15) is 4.57 Å². The molecule has 0 aliphatic carbocycles. The van der Waals surface area contributed by atoms with E-state index in [0.717, 1.165) is 12.3 Å². The van der Waals surface area contributed by atoms with Crippen LogP contribution in [0.1, 0.15) is 15.9 Å². The Labute approximate surface area is 133 Å². The number of amides is 1. The molecule has 1 aliphatic heterocycles. The molecule has 1 amide bonds. The van der Waals surface area contributed by atoms with Crippen LogP contribution in [0, 0.1) is 0 Å². The second-order valence-corrected chi connectivity index (χ2v) is 6.55. The summed E-state index contributed by atoms with van der Waals surface area (Å²) in [5.74, 6) is 0.883. The van der Waals surface area contributed by atoms with Crippen molar-refractivity contribution in [2.75, 3.05) is 12.3 Å². The van der Waals surface area contributed by atoms with E-state index < -0.39 is 0 Å². The summed E-state index contributed by atoms with van der Waals surface area (Å²) in [4.78, 5) is 14.2. The summed E-state index contributed by atoms with van der Waals surface area (Å²) >= 11 is 6.78. The summed E-state index contributed by atoms with van der Waals surface area (Å²) in [6.45, 7) is 1.46. The molecular formula is C16H15N2OS2+. The van der Waals surface area contributed by atoms with Gasteiger partial charge in [0.25, 0.3) is 5.91 Å². The van der Waals surface area contributed by atoms with Gasteiger partial charge >= 0.3 is 0 Å². The highest BCUT2D eigenvalue weighted by molar-refractivity contribution is 8.23. The summed E-state index contributed by atoms with van der Waals surface area (Å²) in [6, 6.07) is 13.9. The van der Waals surface area contributed by atoms with Crippen molar-refractivity contribution < 1.29 is 9.36 Å². The molecule has 3 rings (SSSR count). The SMILES string of the molecule is O=C(c1ccc[n+](Cc2ccccc2)c1)N1CCSC1=S. The van der Waals surface area contributed by atoms with Gasteiger partial charge in [0.15, 0.2) is 18.9 Å². The van der Waals surface area contributed by atoms with Crippen LogP contribution in [0.2, 0.25) is 0 Å². The van der Waals surface area contributed by atoms with Crippen LogP contribution < -0.4 is 4.57 Å². The molecule has 0 saturated carbocycles. The van der Waals surface area contributed by atoms with E-state index >= 15 is 0 Å². The van der Waals surface area contributed by atoms with Gasteiger partial charge in [-0.05, 0) is 6.07 Å². The maximum absolute atomic E-state index is 12.5. The number of thiocarbonyl (C=S) groups is 1. The summed E-state index contributed by atoms with van der Waals surface area (Å²) < 4.78 is 2.70. The van der Waals surface area contributed by atoms with Crippen LogP contribution in [0.15, 0.2) is 54.9 Å². The lowest BCUT2D eigenvalue weighted by Gasteiger charge is -2.13. The molecule has 1 aliphatic rings. The second kappa shape index (κ2) is 6.37. The van der Waals surface area contributed by atoms with E-state index in [4.69, 9.17) is 12.2 Å². The Balaban J connectivity index is 1.80. The molecule has 1 aromatic heterocycles. The number of nitrogens with zero attached hydrogens (tertiary/aromatic N) is 2. The zero-order valence-corrected chi connectivity index (χ0v) is 13.1. The molecule has 2 heterocycles. The summed E-state index contributed by atoms with van der Waals surface area (Å²) in [6.07, 6.45) is 3.86. The van der Waals surface area contributed by atoms with Crippen LogP contribution >= 0.6 is 24.0 Å². The van der Waals surface area contributed by atoms with Crippen molar-refractivity contribution >= 4 is 34.2 Å². The van der Waals surface area contributed by atoms with Gasteiger partial charge in [-0.15, -0.1) is 0 Å².